The maximum Gasteiger partial charge on any atom is 0.315 e. The molecule has 7 nitrogen and oxygen atoms in total. The van der Waals surface area contributed by atoms with Crippen LogP contribution < -0.4 is 20.7 Å². The predicted molar refractivity (Wildman–Crippen MR) is 123 cm³/mol. The molecule has 1 aliphatic carbocycles. The fourth-order valence-electron chi connectivity index (χ4n) is 5.25. The van der Waals surface area contributed by atoms with Crippen LogP contribution in [0.1, 0.15) is 55.8 Å². The Morgan fingerprint density at radius 2 is 2.19 bits per heavy atom. The second-order valence-electron chi connectivity index (χ2n) is 8.81. The number of thioether (sulfide) groups is 1. The van der Waals surface area contributed by atoms with E-state index in [1.807, 2.05) is 17.8 Å². The zero-order valence-electron chi connectivity index (χ0n) is 17.8. The Kier molecular flexibility index (Phi) is 5.73. The number of fused-ring (bicyclic) bond motifs is 4. The largest absolute Gasteiger partial charge is 0.497 e. The van der Waals surface area contributed by atoms with Gasteiger partial charge in [0.1, 0.15) is 5.75 Å². The Morgan fingerprint density at radius 3 is 3.06 bits per heavy atom. The molecule has 3 amide bonds. The normalized spacial score (nSPS) is 26.8. The molecule has 5 rings (SSSR count). The molecule has 0 bridgehead atoms. The van der Waals surface area contributed by atoms with E-state index in [0.717, 1.165) is 61.2 Å². The number of H-pyrrole nitrogens is 1. The second-order valence-corrected chi connectivity index (χ2v) is 10.1. The monoisotopic (exact) mass is 442 g/mol. The van der Waals surface area contributed by atoms with Crippen LogP contribution in [-0.2, 0) is 11.2 Å². The number of rotatable bonds is 7. The number of aromatic nitrogens is 1. The molecule has 3 aliphatic rings. The molecule has 4 N–H and O–H groups in total. The third kappa shape index (κ3) is 4.10. The molecule has 8 heteroatoms. The van der Waals surface area contributed by atoms with E-state index in [4.69, 9.17) is 4.74 Å². The van der Waals surface area contributed by atoms with Crippen molar-refractivity contribution in [1.29, 1.82) is 0 Å². The van der Waals surface area contributed by atoms with Gasteiger partial charge in [-0.05, 0) is 55.9 Å². The standard InChI is InChI=1S/C23H30N4O3S/c1-30-13-9-10-16-15(11-13)14-5-4-6-17(21(14)25-16)24-20(28)8-3-2-7-19-22-18(12-31-19)26-23(29)27-22/h9-11,17-19,22,25H,2-8,12H2,1H3,(H,24,28)(H2,26,27,29). The van der Waals surface area contributed by atoms with Gasteiger partial charge in [-0.1, -0.05) is 6.42 Å². The van der Waals surface area contributed by atoms with Gasteiger partial charge in [-0.15, -0.1) is 0 Å². The lowest BCUT2D eigenvalue weighted by molar-refractivity contribution is -0.122. The summed E-state index contributed by atoms with van der Waals surface area (Å²) in [4.78, 5) is 27.7. The van der Waals surface area contributed by atoms with Gasteiger partial charge in [0.15, 0.2) is 0 Å². The molecule has 2 saturated heterocycles. The second kappa shape index (κ2) is 8.65. The highest BCUT2D eigenvalue weighted by Crippen LogP contribution is 2.36. The summed E-state index contributed by atoms with van der Waals surface area (Å²) >= 11 is 1.93. The van der Waals surface area contributed by atoms with Crippen molar-refractivity contribution in [2.75, 3.05) is 12.9 Å². The Morgan fingerprint density at radius 1 is 1.29 bits per heavy atom. The number of unbranched alkanes of at least 4 members (excludes halogenated alkanes) is 1. The lowest BCUT2D eigenvalue weighted by atomic mass is 9.91. The van der Waals surface area contributed by atoms with Crippen molar-refractivity contribution in [2.45, 2.75) is 68.3 Å². The maximum atomic E-state index is 12.6. The molecule has 2 aromatic rings. The quantitative estimate of drug-likeness (QED) is 0.390. The van der Waals surface area contributed by atoms with Gasteiger partial charge in [-0.25, -0.2) is 4.79 Å². The highest BCUT2D eigenvalue weighted by Gasteiger charge is 2.42. The smallest absolute Gasteiger partial charge is 0.315 e. The van der Waals surface area contributed by atoms with Gasteiger partial charge in [0.2, 0.25) is 5.91 Å². The van der Waals surface area contributed by atoms with Crippen LogP contribution in [0.3, 0.4) is 0 Å². The minimum Gasteiger partial charge on any atom is -0.497 e. The average molecular weight is 443 g/mol. The van der Waals surface area contributed by atoms with E-state index in [1.165, 1.54) is 10.9 Å². The highest BCUT2D eigenvalue weighted by atomic mass is 32.2. The van der Waals surface area contributed by atoms with E-state index in [-0.39, 0.29) is 30.1 Å². The number of amides is 3. The van der Waals surface area contributed by atoms with Crippen LogP contribution in [0, 0.1) is 0 Å². The van der Waals surface area contributed by atoms with Crippen molar-refractivity contribution in [2.24, 2.45) is 0 Å². The van der Waals surface area contributed by atoms with Gasteiger partial charge >= 0.3 is 6.03 Å². The lowest BCUT2D eigenvalue weighted by Gasteiger charge is -2.24. The number of ether oxygens (including phenoxy) is 1. The number of carbonyl (C=O) groups is 2. The van der Waals surface area contributed by atoms with Gasteiger partial charge in [-0.2, -0.15) is 11.8 Å². The maximum absolute atomic E-state index is 12.6. The van der Waals surface area contributed by atoms with Crippen LogP contribution in [0.25, 0.3) is 10.9 Å². The number of hydrogen-bond donors (Lipinski definition) is 4. The fourth-order valence-corrected chi connectivity index (χ4v) is 6.80. The fraction of sp³-hybridized carbons (Fsp3) is 0.565. The molecule has 0 saturated carbocycles. The van der Waals surface area contributed by atoms with E-state index in [0.29, 0.717) is 11.7 Å². The number of aryl methyl sites for hydroxylation is 1. The van der Waals surface area contributed by atoms with Gasteiger partial charge in [0, 0.05) is 34.0 Å². The molecule has 4 unspecified atom stereocenters. The molecule has 4 atom stereocenters. The minimum atomic E-state index is -0.0399. The van der Waals surface area contributed by atoms with Crippen LogP contribution in [0.15, 0.2) is 18.2 Å². The molecule has 31 heavy (non-hydrogen) atoms. The summed E-state index contributed by atoms with van der Waals surface area (Å²) in [5.41, 5.74) is 3.57. The molecule has 0 spiro atoms. The molecule has 166 valence electrons. The summed E-state index contributed by atoms with van der Waals surface area (Å²) in [5.74, 6) is 1.97. The summed E-state index contributed by atoms with van der Waals surface area (Å²) in [7, 11) is 1.69. The van der Waals surface area contributed by atoms with Gasteiger partial charge in [0.25, 0.3) is 0 Å². The number of hydrogen-bond acceptors (Lipinski definition) is 4. The SMILES string of the molecule is COc1ccc2[nH]c3c(c2c1)CCCC3NC(=O)CCCCC1SCC2NC(=O)NC21. The van der Waals surface area contributed by atoms with Gasteiger partial charge in [0.05, 0.1) is 25.2 Å². The molecular formula is C23H30N4O3S. The lowest BCUT2D eigenvalue weighted by Crippen LogP contribution is -2.36. The Labute approximate surface area is 186 Å². The Bertz CT molecular complexity index is 991. The number of urea groups is 1. The van der Waals surface area contributed by atoms with Crippen LogP contribution in [0.5, 0.6) is 5.75 Å². The first kappa shape index (κ1) is 20.5. The Hall–Kier alpha value is -2.35. The molecule has 0 radical (unpaired) electrons. The van der Waals surface area contributed by atoms with Crippen LogP contribution >= 0.6 is 11.8 Å². The molecule has 2 fully saturated rings. The van der Waals surface area contributed by atoms with E-state index in [2.05, 4.69) is 33.1 Å². The molecule has 3 heterocycles. The number of nitrogens with one attached hydrogen (secondary N) is 4. The first-order valence-electron chi connectivity index (χ1n) is 11.3. The summed E-state index contributed by atoms with van der Waals surface area (Å²) < 4.78 is 5.38. The van der Waals surface area contributed by atoms with Crippen LogP contribution in [0.2, 0.25) is 0 Å². The number of benzene rings is 1. The van der Waals surface area contributed by atoms with Crippen molar-refractivity contribution in [1.82, 2.24) is 20.9 Å². The van der Waals surface area contributed by atoms with Crippen molar-refractivity contribution < 1.29 is 14.3 Å². The third-order valence-corrected chi connectivity index (χ3v) is 8.34. The molecule has 2 aliphatic heterocycles. The number of carbonyl (C=O) groups excluding carboxylic acids is 2. The van der Waals surface area contributed by atoms with E-state index >= 15 is 0 Å². The summed E-state index contributed by atoms with van der Waals surface area (Å²) in [6, 6.07) is 6.63. The van der Waals surface area contributed by atoms with Crippen molar-refractivity contribution in [3.8, 4) is 5.75 Å². The Balaban J connectivity index is 1.13. The summed E-state index contributed by atoms with van der Waals surface area (Å²) in [6.45, 7) is 0. The van der Waals surface area contributed by atoms with Crippen molar-refractivity contribution in [3.63, 3.8) is 0 Å². The first-order valence-corrected chi connectivity index (χ1v) is 12.3. The zero-order chi connectivity index (χ0) is 21.4. The average Bonchev–Trinajstić information content (AvgIpc) is 3.43. The molecule has 1 aromatic carbocycles. The molecule has 1 aromatic heterocycles. The van der Waals surface area contributed by atoms with Crippen LogP contribution in [-0.4, -0.2) is 47.1 Å². The molecular weight excluding hydrogens is 412 g/mol. The van der Waals surface area contributed by atoms with Crippen molar-refractivity contribution in [3.05, 3.63) is 29.5 Å². The predicted octanol–water partition coefficient (Wildman–Crippen LogP) is 3.40. The summed E-state index contributed by atoms with van der Waals surface area (Å²) in [6.07, 6.45) is 6.55. The topological polar surface area (TPSA) is 95.2 Å². The highest BCUT2D eigenvalue weighted by molar-refractivity contribution is 8.00. The van der Waals surface area contributed by atoms with Crippen molar-refractivity contribution >= 4 is 34.6 Å². The van der Waals surface area contributed by atoms with Crippen LogP contribution in [0.4, 0.5) is 4.79 Å². The zero-order valence-corrected chi connectivity index (χ0v) is 18.6. The van der Waals surface area contributed by atoms with E-state index in [1.54, 1.807) is 7.11 Å². The minimum absolute atomic E-state index is 0.0399. The number of aromatic amines is 1. The van der Waals surface area contributed by atoms with Gasteiger partial charge in [-0.3, -0.25) is 4.79 Å². The third-order valence-electron chi connectivity index (χ3n) is 6.83. The number of methoxy groups -OCH3 is 1. The van der Waals surface area contributed by atoms with E-state index < -0.39 is 0 Å². The first-order chi connectivity index (χ1) is 15.1. The van der Waals surface area contributed by atoms with E-state index in [9.17, 15) is 9.59 Å². The van der Waals surface area contributed by atoms with Gasteiger partial charge < -0.3 is 25.7 Å². The summed E-state index contributed by atoms with van der Waals surface area (Å²) in [5, 5.41) is 10.9.